The van der Waals surface area contributed by atoms with Crippen LogP contribution in [-0.2, 0) is 4.74 Å². The highest BCUT2D eigenvalue weighted by Gasteiger charge is 2.30. The zero-order valence-electron chi connectivity index (χ0n) is 13.2. The lowest BCUT2D eigenvalue weighted by molar-refractivity contribution is 0.0480. The molecular weight excluding hydrogens is 282 g/mol. The van der Waals surface area contributed by atoms with Crippen molar-refractivity contribution in [2.24, 2.45) is 5.92 Å². The third-order valence-corrected chi connectivity index (χ3v) is 4.33. The maximum Gasteiger partial charge on any atom is 0.254 e. The van der Waals surface area contributed by atoms with Gasteiger partial charge in [0.05, 0.1) is 20.3 Å². The second kappa shape index (κ2) is 6.57. The van der Waals surface area contributed by atoms with Gasteiger partial charge in [0.1, 0.15) is 0 Å². The Labute approximate surface area is 131 Å². The van der Waals surface area contributed by atoms with E-state index in [1.165, 1.54) is 12.8 Å². The Morgan fingerprint density at radius 2 is 1.95 bits per heavy atom. The summed E-state index contributed by atoms with van der Waals surface area (Å²) in [7, 11) is 3.16. The molecule has 0 spiro atoms. The van der Waals surface area contributed by atoms with E-state index in [4.69, 9.17) is 14.2 Å². The van der Waals surface area contributed by atoms with E-state index in [1.807, 2.05) is 4.90 Å². The number of amides is 1. The normalized spacial score (nSPS) is 21.0. The summed E-state index contributed by atoms with van der Waals surface area (Å²) in [5.74, 6) is 1.99. The molecule has 3 rings (SSSR count). The molecule has 0 radical (unpaired) electrons. The SMILES string of the molecule is COc1ccc(C(=O)N2CCC(OCC3CC3)C2)cc1OC. The predicted octanol–water partition coefficient (Wildman–Crippen LogP) is 2.34. The van der Waals surface area contributed by atoms with Crippen LogP contribution in [0.25, 0.3) is 0 Å². The van der Waals surface area contributed by atoms with Gasteiger partial charge in [0, 0.05) is 25.3 Å². The molecule has 0 N–H and O–H groups in total. The maximum absolute atomic E-state index is 12.6. The van der Waals surface area contributed by atoms with E-state index < -0.39 is 0 Å². The summed E-state index contributed by atoms with van der Waals surface area (Å²) in [6, 6.07) is 5.28. The van der Waals surface area contributed by atoms with Gasteiger partial charge in [-0.25, -0.2) is 0 Å². The van der Waals surface area contributed by atoms with Crippen molar-refractivity contribution in [2.45, 2.75) is 25.4 Å². The molecule has 2 fully saturated rings. The molecule has 2 aliphatic rings. The van der Waals surface area contributed by atoms with Gasteiger partial charge in [-0.15, -0.1) is 0 Å². The van der Waals surface area contributed by atoms with Crippen LogP contribution in [0, 0.1) is 5.92 Å². The lowest BCUT2D eigenvalue weighted by atomic mass is 10.1. The molecule has 1 aliphatic heterocycles. The molecule has 5 nitrogen and oxygen atoms in total. The smallest absolute Gasteiger partial charge is 0.254 e. The molecular formula is C17H23NO4. The fourth-order valence-corrected chi connectivity index (χ4v) is 2.76. The topological polar surface area (TPSA) is 48.0 Å². The van der Waals surface area contributed by atoms with Gasteiger partial charge in [0.25, 0.3) is 5.91 Å². The maximum atomic E-state index is 12.6. The quantitative estimate of drug-likeness (QED) is 0.809. The minimum atomic E-state index is 0.0264. The number of methoxy groups -OCH3 is 2. The summed E-state index contributed by atoms with van der Waals surface area (Å²) < 4.78 is 16.4. The van der Waals surface area contributed by atoms with Gasteiger partial charge in [-0.3, -0.25) is 4.79 Å². The van der Waals surface area contributed by atoms with E-state index in [9.17, 15) is 4.79 Å². The molecule has 1 atom stereocenters. The lowest BCUT2D eigenvalue weighted by Gasteiger charge is -2.18. The Balaban J connectivity index is 1.61. The summed E-state index contributed by atoms with van der Waals surface area (Å²) in [5, 5.41) is 0. The average Bonchev–Trinajstić information content (AvgIpc) is 3.27. The number of carbonyl (C=O) groups is 1. The standard InChI is InChI=1S/C17H23NO4/c1-20-15-6-5-13(9-16(15)21-2)17(19)18-8-7-14(10-18)22-11-12-3-4-12/h5-6,9,12,14H,3-4,7-8,10-11H2,1-2H3. The number of carbonyl (C=O) groups excluding carboxylic acids is 1. The molecule has 1 saturated carbocycles. The fraction of sp³-hybridized carbons (Fsp3) is 0.588. The second-order valence-corrected chi connectivity index (χ2v) is 6.01. The summed E-state index contributed by atoms with van der Waals surface area (Å²) in [5.41, 5.74) is 0.625. The number of ether oxygens (including phenoxy) is 3. The van der Waals surface area contributed by atoms with Gasteiger partial charge >= 0.3 is 0 Å². The highest BCUT2D eigenvalue weighted by Crippen LogP contribution is 2.31. The first-order valence-electron chi connectivity index (χ1n) is 7.84. The number of benzene rings is 1. The van der Waals surface area contributed by atoms with Gasteiger partial charge in [0.2, 0.25) is 0 Å². The molecule has 0 bridgehead atoms. The number of hydrogen-bond acceptors (Lipinski definition) is 4. The Kier molecular flexibility index (Phi) is 4.52. The lowest BCUT2D eigenvalue weighted by Crippen LogP contribution is -2.30. The Morgan fingerprint density at radius 3 is 2.64 bits per heavy atom. The van der Waals surface area contributed by atoms with Crippen LogP contribution in [-0.4, -0.2) is 50.8 Å². The Morgan fingerprint density at radius 1 is 1.18 bits per heavy atom. The molecule has 1 aromatic rings. The third-order valence-electron chi connectivity index (χ3n) is 4.33. The number of nitrogens with zero attached hydrogens (tertiary/aromatic N) is 1. The predicted molar refractivity (Wildman–Crippen MR) is 82.5 cm³/mol. The number of hydrogen-bond donors (Lipinski definition) is 0. The van der Waals surface area contributed by atoms with Crippen LogP contribution < -0.4 is 9.47 Å². The molecule has 0 aromatic heterocycles. The van der Waals surface area contributed by atoms with E-state index in [2.05, 4.69) is 0 Å². The molecule has 1 saturated heterocycles. The first-order valence-corrected chi connectivity index (χ1v) is 7.84. The summed E-state index contributed by atoms with van der Waals surface area (Å²) >= 11 is 0. The average molecular weight is 305 g/mol. The highest BCUT2D eigenvalue weighted by molar-refractivity contribution is 5.95. The minimum Gasteiger partial charge on any atom is -0.493 e. The summed E-state index contributed by atoms with van der Waals surface area (Å²) in [4.78, 5) is 14.4. The van der Waals surface area contributed by atoms with E-state index in [0.717, 1.165) is 25.5 Å². The van der Waals surface area contributed by atoms with E-state index >= 15 is 0 Å². The molecule has 1 aromatic carbocycles. The zero-order chi connectivity index (χ0) is 15.5. The molecule has 120 valence electrons. The summed E-state index contributed by atoms with van der Waals surface area (Å²) in [6.45, 7) is 2.28. The van der Waals surface area contributed by atoms with Crippen LogP contribution in [0.5, 0.6) is 11.5 Å². The first-order chi connectivity index (χ1) is 10.7. The van der Waals surface area contributed by atoms with Crippen LogP contribution in [0.1, 0.15) is 29.6 Å². The molecule has 1 aliphatic carbocycles. The number of rotatable bonds is 6. The van der Waals surface area contributed by atoms with Crippen molar-refractivity contribution in [1.82, 2.24) is 4.90 Å². The Bertz CT molecular complexity index is 541. The number of likely N-dealkylation sites (tertiary alicyclic amines) is 1. The van der Waals surface area contributed by atoms with Crippen LogP contribution in [0.4, 0.5) is 0 Å². The molecule has 5 heteroatoms. The monoisotopic (exact) mass is 305 g/mol. The van der Waals surface area contributed by atoms with Crippen molar-refractivity contribution >= 4 is 5.91 Å². The van der Waals surface area contributed by atoms with Crippen LogP contribution in [0.2, 0.25) is 0 Å². The van der Waals surface area contributed by atoms with Crippen molar-refractivity contribution < 1.29 is 19.0 Å². The largest absolute Gasteiger partial charge is 0.493 e. The van der Waals surface area contributed by atoms with Crippen molar-refractivity contribution in [1.29, 1.82) is 0 Å². The van der Waals surface area contributed by atoms with E-state index in [-0.39, 0.29) is 12.0 Å². The van der Waals surface area contributed by atoms with Crippen LogP contribution in [0.3, 0.4) is 0 Å². The van der Waals surface area contributed by atoms with Gasteiger partial charge < -0.3 is 19.1 Å². The Hall–Kier alpha value is -1.75. The zero-order valence-corrected chi connectivity index (χ0v) is 13.2. The van der Waals surface area contributed by atoms with Crippen molar-refractivity contribution in [3.8, 4) is 11.5 Å². The van der Waals surface area contributed by atoms with E-state index in [0.29, 0.717) is 23.6 Å². The van der Waals surface area contributed by atoms with Crippen molar-refractivity contribution in [3.63, 3.8) is 0 Å². The molecule has 1 heterocycles. The van der Waals surface area contributed by atoms with Gasteiger partial charge in [-0.1, -0.05) is 0 Å². The van der Waals surface area contributed by atoms with Gasteiger partial charge in [-0.2, -0.15) is 0 Å². The van der Waals surface area contributed by atoms with Gasteiger partial charge in [-0.05, 0) is 43.4 Å². The molecule has 22 heavy (non-hydrogen) atoms. The van der Waals surface area contributed by atoms with Crippen LogP contribution >= 0.6 is 0 Å². The van der Waals surface area contributed by atoms with Crippen molar-refractivity contribution in [2.75, 3.05) is 33.9 Å². The minimum absolute atomic E-state index is 0.0264. The van der Waals surface area contributed by atoms with Crippen molar-refractivity contribution in [3.05, 3.63) is 23.8 Å². The molecule has 1 amide bonds. The first kappa shape index (κ1) is 15.2. The highest BCUT2D eigenvalue weighted by atomic mass is 16.5. The fourth-order valence-electron chi connectivity index (χ4n) is 2.76. The third kappa shape index (κ3) is 3.35. The summed E-state index contributed by atoms with van der Waals surface area (Å²) in [6.07, 6.45) is 3.69. The van der Waals surface area contributed by atoms with Crippen LogP contribution in [0.15, 0.2) is 18.2 Å². The molecule has 1 unspecified atom stereocenters. The van der Waals surface area contributed by atoms with E-state index in [1.54, 1.807) is 32.4 Å². The van der Waals surface area contributed by atoms with Gasteiger partial charge in [0.15, 0.2) is 11.5 Å². The second-order valence-electron chi connectivity index (χ2n) is 6.01.